The van der Waals surface area contributed by atoms with E-state index in [4.69, 9.17) is 24.0 Å². The number of nitrogens with zero attached hydrogens (tertiary/aromatic N) is 2. The van der Waals surface area contributed by atoms with Crippen LogP contribution < -0.4 is 11.4 Å². The van der Waals surface area contributed by atoms with Crippen LogP contribution in [0.4, 0.5) is 19.0 Å². The molecule has 2 aliphatic rings. The van der Waals surface area contributed by atoms with Gasteiger partial charge in [-0.2, -0.15) is 4.98 Å². The smallest absolute Gasteiger partial charge is 0.351 e. The number of rotatable bonds is 4. The van der Waals surface area contributed by atoms with E-state index in [-0.39, 0.29) is 6.10 Å². The normalized spacial score (nSPS) is 34.5. The van der Waals surface area contributed by atoms with Crippen LogP contribution in [0, 0.1) is 5.82 Å². The summed E-state index contributed by atoms with van der Waals surface area (Å²) in [4.78, 5) is 15.2. The van der Waals surface area contributed by atoms with E-state index in [2.05, 4.69) is 4.98 Å². The number of anilines is 1. The molecule has 9 nitrogen and oxygen atoms in total. The van der Waals surface area contributed by atoms with Gasteiger partial charge in [0.05, 0.1) is 18.9 Å². The van der Waals surface area contributed by atoms with Crippen LogP contribution in [0.15, 0.2) is 11.0 Å². The number of nitrogens with two attached hydrogens (primary N) is 1. The average Bonchev–Trinajstić information content (AvgIpc) is 2.85. The first-order chi connectivity index (χ1) is 12.2. The van der Waals surface area contributed by atoms with Crippen LogP contribution >= 0.6 is 8.60 Å². The third kappa shape index (κ3) is 3.21. The molecule has 2 saturated heterocycles. The molecule has 0 amide bonds. The Bertz CT molecular complexity index is 738. The number of ether oxygens (including phenoxy) is 1. The van der Waals surface area contributed by atoms with E-state index in [0.29, 0.717) is 10.8 Å². The number of halogens is 3. The molecule has 3 N–H and O–H groups in total. The maximum Gasteiger partial charge on any atom is 0.351 e. The van der Waals surface area contributed by atoms with Gasteiger partial charge in [-0.1, -0.05) is 0 Å². The minimum atomic E-state index is -3.12. The summed E-state index contributed by atoms with van der Waals surface area (Å²) in [5.41, 5.74) is 1.78. The number of alkyl halides is 2. The topological polar surface area (TPSA) is 118 Å². The van der Waals surface area contributed by atoms with Gasteiger partial charge in [-0.05, 0) is 13.8 Å². The number of hydrogen-bond acceptors (Lipinski definition) is 8. The predicted octanol–water partition coefficient (Wildman–Crippen LogP) is 0.925. The van der Waals surface area contributed by atoms with Gasteiger partial charge in [-0.15, -0.1) is 0 Å². The second kappa shape index (κ2) is 7.02. The lowest BCUT2D eigenvalue weighted by molar-refractivity contribution is -0.204. The van der Waals surface area contributed by atoms with Crippen molar-refractivity contribution < 1.29 is 36.6 Å². The van der Waals surface area contributed by atoms with Crippen LogP contribution in [0.1, 0.15) is 20.1 Å². The van der Waals surface area contributed by atoms with Gasteiger partial charge in [0.15, 0.2) is 23.5 Å². The fraction of sp³-hybridized carbons (Fsp3) is 0.692. The molecular weight excluding hydrogens is 382 g/mol. The van der Waals surface area contributed by atoms with Crippen molar-refractivity contribution in [1.29, 1.82) is 0 Å². The van der Waals surface area contributed by atoms with Crippen LogP contribution in [0.2, 0.25) is 0 Å². The Morgan fingerprint density at radius 3 is 2.85 bits per heavy atom. The molecule has 13 heteroatoms. The zero-order valence-corrected chi connectivity index (χ0v) is 14.6. The average molecular weight is 399 g/mol. The van der Waals surface area contributed by atoms with Crippen LogP contribution in [0.25, 0.3) is 0 Å². The fourth-order valence-corrected chi connectivity index (χ4v) is 3.98. The Labute approximate surface area is 146 Å². The lowest BCUT2D eigenvalue weighted by Gasteiger charge is -2.39. The molecular formula is C13H17F3N3O6P. The first kappa shape index (κ1) is 19.5. The molecule has 2 fully saturated rings. The molecule has 26 heavy (non-hydrogen) atoms. The number of aliphatic hydroxyl groups is 1. The van der Waals surface area contributed by atoms with E-state index in [1.165, 1.54) is 0 Å². The van der Waals surface area contributed by atoms with Gasteiger partial charge in [0.25, 0.3) is 6.43 Å². The van der Waals surface area contributed by atoms with E-state index in [1.54, 1.807) is 13.8 Å². The van der Waals surface area contributed by atoms with Crippen molar-refractivity contribution in [3.05, 3.63) is 22.5 Å². The molecule has 2 aliphatic heterocycles. The van der Waals surface area contributed by atoms with Gasteiger partial charge >= 0.3 is 14.3 Å². The molecule has 3 heterocycles. The number of fused-ring (bicyclic) bond motifs is 1. The Morgan fingerprint density at radius 1 is 1.54 bits per heavy atom. The van der Waals surface area contributed by atoms with Crippen molar-refractivity contribution in [3.63, 3.8) is 0 Å². The SMILES string of the molecule is CC(C)OP1OC[C@@]2(C(F)F)O[C@@H](n3cc(F)c(N)nc3=O)[C@@H](O)[C@@H]2O1. The predicted molar refractivity (Wildman–Crippen MR) is 81.7 cm³/mol. The molecule has 0 aliphatic carbocycles. The summed E-state index contributed by atoms with van der Waals surface area (Å²) in [7, 11) is -2.00. The Hall–Kier alpha value is -1.30. The molecule has 0 aromatic carbocycles. The minimum Gasteiger partial charge on any atom is -0.386 e. The van der Waals surface area contributed by atoms with Gasteiger partial charge in [-0.25, -0.2) is 18.0 Å². The highest BCUT2D eigenvalue weighted by Gasteiger charge is 2.65. The summed E-state index contributed by atoms with van der Waals surface area (Å²) in [5.74, 6) is -1.72. The second-order valence-corrected chi connectivity index (χ2v) is 7.22. The van der Waals surface area contributed by atoms with Crippen LogP contribution in [-0.4, -0.2) is 51.6 Å². The van der Waals surface area contributed by atoms with Gasteiger partial charge in [-0.3, -0.25) is 4.57 Å². The van der Waals surface area contributed by atoms with E-state index in [0.717, 1.165) is 0 Å². The zero-order chi connectivity index (χ0) is 19.2. The highest BCUT2D eigenvalue weighted by atomic mass is 31.2. The van der Waals surface area contributed by atoms with Crippen molar-refractivity contribution in [2.24, 2.45) is 0 Å². The zero-order valence-electron chi connectivity index (χ0n) is 13.7. The van der Waals surface area contributed by atoms with Crippen molar-refractivity contribution in [3.8, 4) is 0 Å². The molecule has 0 saturated carbocycles. The highest BCUT2D eigenvalue weighted by Crippen LogP contribution is 2.56. The van der Waals surface area contributed by atoms with Crippen LogP contribution in [0.5, 0.6) is 0 Å². The number of hydrogen-bond donors (Lipinski definition) is 2. The summed E-state index contributed by atoms with van der Waals surface area (Å²) in [5, 5.41) is 10.5. The third-order valence-electron chi connectivity index (χ3n) is 3.89. The molecule has 0 spiro atoms. The molecule has 3 rings (SSSR count). The fourth-order valence-electron chi connectivity index (χ4n) is 2.67. The van der Waals surface area contributed by atoms with E-state index in [9.17, 15) is 23.1 Å². The van der Waals surface area contributed by atoms with Crippen molar-refractivity contribution >= 4 is 14.4 Å². The maximum absolute atomic E-state index is 13.7. The summed E-state index contributed by atoms with van der Waals surface area (Å²) in [6.45, 7) is 2.74. The van der Waals surface area contributed by atoms with E-state index < -0.39 is 63.0 Å². The lowest BCUT2D eigenvalue weighted by atomic mass is 9.96. The van der Waals surface area contributed by atoms with E-state index >= 15 is 0 Å². The molecule has 0 bridgehead atoms. The standard InChI is InChI=1S/C13H17F3N3O6P/c1-5(2)24-26-22-4-13(11(15)16)8(25-26)7(20)10(23-13)19-3-6(14)9(17)18-12(19)21/h3,5,7-8,10-11,20H,4H2,1-2H3,(H2,17,18,21)/t7-,8-,10+,13+,26?/m0/s1. The van der Waals surface area contributed by atoms with Gasteiger partial charge in [0.1, 0.15) is 12.2 Å². The summed E-state index contributed by atoms with van der Waals surface area (Å²) in [6.07, 6.45) is -7.75. The first-order valence-corrected chi connectivity index (χ1v) is 8.70. The van der Waals surface area contributed by atoms with Crippen molar-refractivity contribution in [2.45, 2.75) is 50.4 Å². The summed E-state index contributed by atoms with van der Waals surface area (Å²) < 4.78 is 62.8. The monoisotopic (exact) mass is 399 g/mol. The van der Waals surface area contributed by atoms with E-state index in [1.807, 2.05) is 0 Å². The number of aromatic nitrogens is 2. The quantitative estimate of drug-likeness (QED) is 0.718. The molecule has 1 unspecified atom stereocenters. The molecule has 1 aromatic heterocycles. The van der Waals surface area contributed by atoms with Gasteiger partial charge in [0, 0.05) is 0 Å². The molecule has 0 radical (unpaired) electrons. The first-order valence-electron chi connectivity index (χ1n) is 7.60. The van der Waals surface area contributed by atoms with Crippen LogP contribution in [0.3, 0.4) is 0 Å². The second-order valence-electron chi connectivity index (χ2n) is 6.10. The third-order valence-corrected chi connectivity index (χ3v) is 5.23. The maximum atomic E-state index is 13.7. The molecule has 1 aromatic rings. The number of nitrogen functional groups attached to an aromatic ring is 1. The molecule has 146 valence electrons. The Morgan fingerprint density at radius 2 is 2.23 bits per heavy atom. The molecule has 5 atom stereocenters. The Balaban J connectivity index is 1.95. The van der Waals surface area contributed by atoms with Gasteiger partial charge in [0.2, 0.25) is 0 Å². The lowest BCUT2D eigenvalue weighted by Crippen LogP contribution is -2.55. The Kier molecular flexibility index (Phi) is 5.26. The summed E-state index contributed by atoms with van der Waals surface area (Å²) in [6, 6.07) is 0. The summed E-state index contributed by atoms with van der Waals surface area (Å²) >= 11 is 0. The largest absolute Gasteiger partial charge is 0.386 e. The van der Waals surface area contributed by atoms with Crippen molar-refractivity contribution in [2.75, 3.05) is 12.3 Å². The van der Waals surface area contributed by atoms with Crippen LogP contribution in [-0.2, 0) is 18.3 Å². The minimum absolute atomic E-state index is 0.312. The van der Waals surface area contributed by atoms with Crippen molar-refractivity contribution in [1.82, 2.24) is 9.55 Å². The van der Waals surface area contributed by atoms with Gasteiger partial charge < -0.3 is 29.1 Å². The highest BCUT2D eigenvalue weighted by molar-refractivity contribution is 7.41. The number of aliphatic hydroxyl groups excluding tert-OH is 1.